The zero-order chi connectivity index (χ0) is 9.84. The number of hydrogen-bond donors (Lipinski definition) is 1. The van der Waals surface area contributed by atoms with E-state index in [1.165, 1.54) is 9.14 Å². The predicted molar refractivity (Wildman–Crippen MR) is 59.9 cm³/mol. The Morgan fingerprint density at radius 3 is 2.46 bits per heavy atom. The zero-order valence-corrected chi connectivity index (χ0v) is 11.9. The summed E-state index contributed by atoms with van der Waals surface area (Å²) in [6.45, 7) is 6.41. The Labute approximate surface area is 88.1 Å². The molecule has 0 saturated carbocycles. The van der Waals surface area contributed by atoms with Crippen LogP contribution in [-0.2, 0) is 6.42 Å². The Hall–Kier alpha value is -0.0213. The van der Waals surface area contributed by atoms with Crippen molar-refractivity contribution in [3.8, 4) is 0 Å². The van der Waals surface area contributed by atoms with Gasteiger partial charge in [0.1, 0.15) is 0 Å². The summed E-state index contributed by atoms with van der Waals surface area (Å²) in [5.41, 5.74) is 1.35. The third kappa shape index (κ3) is 2.71. The Morgan fingerprint density at radius 2 is 1.92 bits per heavy atom. The Balaban J connectivity index is 2.98. The van der Waals surface area contributed by atoms with Crippen molar-refractivity contribution < 1.29 is 3.44 Å². The average Bonchev–Trinajstić information content (AvgIpc) is 2.16. The maximum absolute atomic E-state index is 10.1. The molecular formula is C11H18OSn. The molecule has 2 heteroatoms. The molecule has 0 aromatic heterocycles. The van der Waals surface area contributed by atoms with Gasteiger partial charge in [0.15, 0.2) is 0 Å². The van der Waals surface area contributed by atoms with E-state index in [2.05, 4.69) is 39.0 Å². The SMILES string of the molecule is CCc1cccc[c]1[SnH]([OH])[CH](C)C. The molecule has 1 rings (SSSR count). The van der Waals surface area contributed by atoms with Crippen LogP contribution in [0, 0.1) is 0 Å². The standard InChI is InChI=1S/C8H9.C3H7.H2O.Sn.H/c1-2-8-6-4-3-5-7-8;1-3-2;;;/h3-6H,2H2,1H3;3H,1-2H3;1H2;;/q;;;+1;/p-1. The summed E-state index contributed by atoms with van der Waals surface area (Å²) in [6, 6.07) is 8.34. The summed E-state index contributed by atoms with van der Waals surface area (Å²) in [7, 11) is 0. The summed E-state index contributed by atoms with van der Waals surface area (Å²) in [4.78, 5) is 0. The molecule has 72 valence electrons. The summed E-state index contributed by atoms with van der Waals surface area (Å²) < 4.78 is 11.9. The first-order valence-corrected chi connectivity index (χ1v) is 9.95. The van der Waals surface area contributed by atoms with Crippen LogP contribution in [0.15, 0.2) is 24.3 Å². The van der Waals surface area contributed by atoms with Gasteiger partial charge in [0.25, 0.3) is 0 Å². The van der Waals surface area contributed by atoms with Gasteiger partial charge in [-0.1, -0.05) is 0 Å². The molecule has 1 atom stereocenters. The van der Waals surface area contributed by atoms with Crippen molar-refractivity contribution in [2.24, 2.45) is 0 Å². The molecule has 0 radical (unpaired) electrons. The quantitative estimate of drug-likeness (QED) is 0.836. The molecule has 0 saturated heterocycles. The molecule has 1 unspecified atom stereocenters. The van der Waals surface area contributed by atoms with Gasteiger partial charge in [-0.25, -0.2) is 0 Å². The summed E-state index contributed by atoms with van der Waals surface area (Å²) in [5, 5.41) is 0. The third-order valence-corrected chi connectivity index (χ3v) is 9.42. The monoisotopic (exact) mass is 286 g/mol. The second-order valence-corrected chi connectivity index (χ2v) is 11.9. The van der Waals surface area contributed by atoms with Gasteiger partial charge >= 0.3 is 88.2 Å². The average molecular weight is 285 g/mol. The van der Waals surface area contributed by atoms with Crippen LogP contribution in [0.1, 0.15) is 26.3 Å². The summed E-state index contributed by atoms with van der Waals surface area (Å²) in [6.07, 6.45) is 1.04. The van der Waals surface area contributed by atoms with Crippen LogP contribution in [0.3, 0.4) is 0 Å². The molecule has 0 amide bonds. The number of hydrogen-bond acceptors (Lipinski definition) is 1. The normalized spacial score (nSPS) is 13.3. The van der Waals surface area contributed by atoms with Crippen molar-refractivity contribution in [2.45, 2.75) is 31.1 Å². The van der Waals surface area contributed by atoms with Crippen LogP contribution in [0.4, 0.5) is 0 Å². The Kier molecular flexibility index (Phi) is 4.26. The predicted octanol–water partition coefficient (Wildman–Crippen LogP) is 1.58. The fourth-order valence-corrected chi connectivity index (χ4v) is 6.38. The van der Waals surface area contributed by atoms with E-state index in [0.29, 0.717) is 3.93 Å². The molecule has 0 aliphatic rings. The van der Waals surface area contributed by atoms with Crippen molar-refractivity contribution in [1.29, 1.82) is 0 Å². The van der Waals surface area contributed by atoms with Gasteiger partial charge in [0.05, 0.1) is 0 Å². The van der Waals surface area contributed by atoms with E-state index in [9.17, 15) is 3.44 Å². The number of benzene rings is 1. The van der Waals surface area contributed by atoms with Crippen LogP contribution in [0.25, 0.3) is 0 Å². The molecular weight excluding hydrogens is 267 g/mol. The molecule has 0 spiro atoms. The number of rotatable bonds is 3. The van der Waals surface area contributed by atoms with Crippen molar-refractivity contribution in [3.05, 3.63) is 29.8 Å². The molecule has 1 nitrogen and oxygen atoms in total. The molecule has 0 aliphatic heterocycles. The van der Waals surface area contributed by atoms with E-state index < -0.39 is 20.2 Å². The Morgan fingerprint density at radius 1 is 1.31 bits per heavy atom. The minimum absolute atomic E-state index is 0.495. The van der Waals surface area contributed by atoms with Crippen LogP contribution < -0.4 is 3.58 Å². The molecule has 0 heterocycles. The first-order chi connectivity index (χ1) is 6.16. The summed E-state index contributed by atoms with van der Waals surface area (Å²) >= 11 is -2.39. The molecule has 0 aliphatic carbocycles. The van der Waals surface area contributed by atoms with Crippen LogP contribution in [0.5, 0.6) is 0 Å². The van der Waals surface area contributed by atoms with Gasteiger partial charge in [0, 0.05) is 0 Å². The van der Waals surface area contributed by atoms with Crippen LogP contribution in [-0.4, -0.2) is 23.6 Å². The number of aryl methyl sites for hydroxylation is 1. The van der Waals surface area contributed by atoms with E-state index in [4.69, 9.17) is 0 Å². The van der Waals surface area contributed by atoms with Gasteiger partial charge in [-0.15, -0.1) is 0 Å². The van der Waals surface area contributed by atoms with E-state index >= 15 is 0 Å². The van der Waals surface area contributed by atoms with Crippen molar-refractivity contribution in [2.75, 3.05) is 0 Å². The zero-order valence-electron chi connectivity index (χ0n) is 8.62. The van der Waals surface area contributed by atoms with Crippen molar-refractivity contribution >= 4 is 23.8 Å². The summed E-state index contributed by atoms with van der Waals surface area (Å²) in [5.74, 6) is 0. The molecule has 13 heavy (non-hydrogen) atoms. The Bertz CT molecular complexity index is 271. The first kappa shape index (κ1) is 11.1. The van der Waals surface area contributed by atoms with Gasteiger partial charge in [0.2, 0.25) is 0 Å². The van der Waals surface area contributed by atoms with Gasteiger partial charge in [-0.05, 0) is 0 Å². The van der Waals surface area contributed by atoms with Gasteiger partial charge in [-0.2, -0.15) is 0 Å². The topological polar surface area (TPSA) is 20.2 Å². The molecule has 0 bridgehead atoms. The van der Waals surface area contributed by atoms with E-state index in [1.807, 2.05) is 6.07 Å². The maximum atomic E-state index is 10.1. The molecule has 1 aromatic carbocycles. The third-order valence-electron chi connectivity index (χ3n) is 2.39. The molecule has 1 aromatic rings. The van der Waals surface area contributed by atoms with Crippen molar-refractivity contribution in [3.63, 3.8) is 0 Å². The fourth-order valence-electron chi connectivity index (χ4n) is 1.50. The fraction of sp³-hybridized carbons (Fsp3) is 0.455. The van der Waals surface area contributed by atoms with Crippen LogP contribution in [0.2, 0.25) is 3.93 Å². The van der Waals surface area contributed by atoms with Gasteiger partial charge < -0.3 is 0 Å². The first-order valence-electron chi connectivity index (χ1n) is 4.92. The van der Waals surface area contributed by atoms with E-state index in [1.54, 1.807) is 0 Å². The minimum atomic E-state index is -2.39. The molecule has 0 fully saturated rings. The molecule has 1 N–H and O–H groups in total. The van der Waals surface area contributed by atoms with Gasteiger partial charge in [-0.3, -0.25) is 0 Å². The van der Waals surface area contributed by atoms with E-state index in [0.717, 1.165) is 6.42 Å². The van der Waals surface area contributed by atoms with Crippen LogP contribution >= 0.6 is 0 Å². The second-order valence-electron chi connectivity index (χ2n) is 3.74. The van der Waals surface area contributed by atoms with E-state index in [-0.39, 0.29) is 0 Å². The van der Waals surface area contributed by atoms with Crippen molar-refractivity contribution in [1.82, 2.24) is 0 Å². The second kappa shape index (κ2) is 5.01.